The van der Waals surface area contributed by atoms with Gasteiger partial charge < -0.3 is 19.5 Å². The third-order valence-electron chi connectivity index (χ3n) is 5.01. The van der Waals surface area contributed by atoms with Gasteiger partial charge in [0.15, 0.2) is 0 Å². The van der Waals surface area contributed by atoms with E-state index in [2.05, 4.69) is 32.9 Å². The highest BCUT2D eigenvalue weighted by atomic mass is 16.5. The fraction of sp³-hybridized carbons (Fsp3) is 0.217. The van der Waals surface area contributed by atoms with Crippen molar-refractivity contribution in [3.05, 3.63) is 70.4 Å². The van der Waals surface area contributed by atoms with Gasteiger partial charge in [-0.25, -0.2) is 4.79 Å². The number of aliphatic hydroxyl groups is 1. The van der Waals surface area contributed by atoms with Gasteiger partial charge in [-0.05, 0) is 55.7 Å². The van der Waals surface area contributed by atoms with Crippen molar-refractivity contribution in [1.29, 1.82) is 0 Å². The maximum absolute atomic E-state index is 11.5. The molecule has 0 atom stereocenters. The summed E-state index contributed by atoms with van der Waals surface area (Å²) in [6.45, 7) is 6.75. The van der Waals surface area contributed by atoms with Crippen LogP contribution in [0.25, 0.3) is 16.7 Å². The molecule has 0 saturated carbocycles. The normalized spacial score (nSPS) is 11.7. The van der Waals surface area contributed by atoms with Crippen molar-refractivity contribution in [3.8, 4) is 5.75 Å². The van der Waals surface area contributed by atoms with Crippen molar-refractivity contribution in [2.75, 3.05) is 7.11 Å². The number of benzene rings is 2. The van der Waals surface area contributed by atoms with Crippen LogP contribution in [-0.2, 0) is 16.1 Å². The number of ether oxygens (including phenoxy) is 1. The maximum Gasteiger partial charge on any atom is 0.376 e. The molecule has 150 valence electrons. The molecule has 6 nitrogen and oxygen atoms in total. The minimum absolute atomic E-state index is 0.371. The van der Waals surface area contributed by atoms with E-state index in [-0.39, 0.29) is 0 Å². The molecule has 3 rings (SSSR count). The number of aliphatic hydroxyl groups excluding tert-OH is 1. The zero-order valence-corrected chi connectivity index (χ0v) is 16.8. The lowest BCUT2D eigenvalue weighted by Crippen LogP contribution is -2.09. The monoisotopic (exact) mass is 393 g/mol. The Hall–Kier alpha value is -3.54. The number of carboxylic acid groups (broad SMARTS) is 1. The number of nitrogens with zero attached hydrogens (tertiary/aromatic N) is 1. The highest BCUT2D eigenvalue weighted by molar-refractivity contribution is 6.38. The van der Waals surface area contributed by atoms with E-state index in [0.29, 0.717) is 23.2 Å². The van der Waals surface area contributed by atoms with Crippen LogP contribution in [0.4, 0.5) is 0 Å². The number of ketones is 1. The Morgan fingerprint density at radius 1 is 1.07 bits per heavy atom. The summed E-state index contributed by atoms with van der Waals surface area (Å²) in [7, 11) is 1.54. The third kappa shape index (κ3) is 4.01. The number of fused-ring (bicyclic) bond motifs is 1. The van der Waals surface area contributed by atoms with E-state index < -0.39 is 17.5 Å². The zero-order chi connectivity index (χ0) is 21.3. The van der Waals surface area contributed by atoms with Crippen molar-refractivity contribution >= 4 is 28.4 Å². The largest absolute Gasteiger partial charge is 0.507 e. The second-order valence-electron chi connectivity index (χ2n) is 7.13. The van der Waals surface area contributed by atoms with Crippen LogP contribution in [0.15, 0.2) is 42.6 Å². The first kappa shape index (κ1) is 20.2. The van der Waals surface area contributed by atoms with E-state index in [1.165, 1.54) is 22.3 Å². The summed E-state index contributed by atoms with van der Waals surface area (Å²) in [5.74, 6) is -2.61. The van der Waals surface area contributed by atoms with Crippen LogP contribution < -0.4 is 4.74 Å². The van der Waals surface area contributed by atoms with Crippen molar-refractivity contribution in [3.63, 3.8) is 0 Å². The molecule has 3 aromatic rings. The van der Waals surface area contributed by atoms with E-state index in [9.17, 15) is 14.7 Å². The van der Waals surface area contributed by atoms with E-state index in [1.54, 1.807) is 19.4 Å². The zero-order valence-electron chi connectivity index (χ0n) is 16.8. The molecule has 0 spiro atoms. The molecule has 0 aliphatic carbocycles. The molecule has 0 saturated heterocycles. The Kier molecular flexibility index (Phi) is 5.46. The van der Waals surface area contributed by atoms with Crippen LogP contribution in [0.1, 0.15) is 27.8 Å². The Morgan fingerprint density at radius 3 is 2.31 bits per heavy atom. The summed E-state index contributed by atoms with van der Waals surface area (Å²) in [4.78, 5) is 22.4. The molecule has 2 aromatic carbocycles. The topological polar surface area (TPSA) is 88.8 Å². The van der Waals surface area contributed by atoms with Gasteiger partial charge in [0.05, 0.1) is 7.11 Å². The van der Waals surface area contributed by atoms with Gasteiger partial charge in [-0.3, -0.25) is 4.79 Å². The van der Waals surface area contributed by atoms with Crippen LogP contribution in [0.2, 0.25) is 0 Å². The first-order valence-electron chi connectivity index (χ1n) is 9.13. The van der Waals surface area contributed by atoms with Crippen molar-refractivity contribution < 1.29 is 24.5 Å². The fourth-order valence-electron chi connectivity index (χ4n) is 3.63. The van der Waals surface area contributed by atoms with Gasteiger partial charge in [-0.15, -0.1) is 0 Å². The summed E-state index contributed by atoms with van der Waals surface area (Å²) in [5.41, 5.74) is 5.90. The molecule has 0 radical (unpaired) electrons. The second kappa shape index (κ2) is 7.83. The van der Waals surface area contributed by atoms with Crippen LogP contribution in [0, 0.1) is 20.8 Å². The molecule has 0 aliphatic heterocycles. The standard InChI is InChI=1S/C23H23NO5/c1-13-7-14(2)18(15(3)8-13)11-24-12-19(21(25)10-22(26)23(27)28)17-9-16(29-4)5-6-20(17)24/h5-10,12,25H,11H2,1-4H3,(H,27,28)/b21-10-. The smallest absolute Gasteiger partial charge is 0.376 e. The van der Waals surface area contributed by atoms with E-state index in [0.717, 1.165) is 11.6 Å². The number of carboxylic acids is 1. The van der Waals surface area contributed by atoms with Gasteiger partial charge in [-0.2, -0.15) is 0 Å². The number of hydrogen-bond acceptors (Lipinski definition) is 4. The van der Waals surface area contributed by atoms with Crippen molar-refractivity contribution in [2.24, 2.45) is 0 Å². The van der Waals surface area contributed by atoms with Gasteiger partial charge in [0.1, 0.15) is 11.5 Å². The minimum atomic E-state index is -1.62. The van der Waals surface area contributed by atoms with Crippen LogP contribution in [-0.4, -0.2) is 33.6 Å². The number of hydrogen-bond donors (Lipinski definition) is 2. The Morgan fingerprint density at radius 2 is 1.72 bits per heavy atom. The number of methoxy groups -OCH3 is 1. The molecule has 0 aliphatic rings. The molecule has 0 bridgehead atoms. The molecule has 1 aromatic heterocycles. The van der Waals surface area contributed by atoms with Crippen LogP contribution >= 0.6 is 0 Å². The quantitative estimate of drug-likeness (QED) is 0.373. The second-order valence-corrected chi connectivity index (χ2v) is 7.13. The number of aromatic nitrogens is 1. The lowest BCUT2D eigenvalue weighted by molar-refractivity contribution is -0.146. The van der Waals surface area contributed by atoms with Crippen LogP contribution in [0.5, 0.6) is 5.75 Å². The molecule has 0 amide bonds. The Balaban J connectivity index is 2.17. The van der Waals surface area contributed by atoms with Crippen LogP contribution in [0.3, 0.4) is 0 Å². The number of aliphatic carboxylic acids is 1. The first-order valence-corrected chi connectivity index (χ1v) is 9.13. The molecule has 6 heteroatoms. The fourth-order valence-corrected chi connectivity index (χ4v) is 3.63. The molecule has 29 heavy (non-hydrogen) atoms. The van der Waals surface area contributed by atoms with E-state index in [4.69, 9.17) is 9.84 Å². The Labute approximate surface area is 168 Å². The summed E-state index contributed by atoms with van der Waals surface area (Å²) in [6, 6.07) is 9.70. The van der Waals surface area contributed by atoms with Crippen molar-refractivity contribution in [1.82, 2.24) is 4.57 Å². The summed E-state index contributed by atoms with van der Waals surface area (Å²) >= 11 is 0. The summed E-state index contributed by atoms with van der Waals surface area (Å²) < 4.78 is 7.26. The van der Waals surface area contributed by atoms with E-state index in [1.807, 2.05) is 16.7 Å². The number of carbonyl (C=O) groups is 2. The molecule has 0 unspecified atom stereocenters. The number of rotatable bonds is 6. The predicted octanol–water partition coefficient (Wildman–Crippen LogP) is 4.18. The van der Waals surface area contributed by atoms with Gasteiger partial charge in [0, 0.05) is 35.3 Å². The highest BCUT2D eigenvalue weighted by Crippen LogP contribution is 2.31. The molecule has 0 fully saturated rings. The molecular formula is C23H23NO5. The molecule has 2 N–H and O–H groups in total. The summed E-state index contributed by atoms with van der Waals surface area (Å²) in [6.07, 6.45) is 2.45. The lowest BCUT2D eigenvalue weighted by atomic mass is 10.00. The molecular weight excluding hydrogens is 370 g/mol. The first-order chi connectivity index (χ1) is 13.7. The minimum Gasteiger partial charge on any atom is -0.507 e. The average molecular weight is 393 g/mol. The SMILES string of the molecule is COc1ccc2c(c1)c(/C(O)=C/C(=O)C(=O)O)cn2Cc1c(C)cc(C)cc1C. The Bertz CT molecular complexity index is 1130. The average Bonchev–Trinajstić information content (AvgIpc) is 3.02. The van der Waals surface area contributed by atoms with E-state index >= 15 is 0 Å². The van der Waals surface area contributed by atoms with Gasteiger partial charge >= 0.3 is 5.97 Å². The predicted molar refractivity (Wildman–Crippen MR) is 111 cm³/mol. The van der Waals surface area contributed by atoms with Gasteiger partial charge in [0.25, 0.3) is 5.78 Å². The van der Waals surface area contributed by atoms with Gasteiger partial charge in [0.2, 0.25) is 0 Å². The summed E-state index contributed by atoms with van der Waals surface area (Å²) in [5, 5.41) is 19.9. The molecule has 1 heterocycles. The maximum atomic E-state index is 11.5. The number of aryl methyl sites for hydroxylation is 3. The third-order valence-corrected chi connectivity index (χ3v) is 5.01. The van der Waals surface area contributed by atoms with Gasteiger partial charge in [-0.1, -0.05) is 17.7 Å². The lowest BCUT2D eigenvalue weighted by Gasteiger charge is -2.13. The highest BCUT2D eigenvalue weighted by Gasteiger charge is 2.17. The number of carbonyl (C=O) groups excluding carboxylic acids is 1. The van der Waals surface area contributed by atoms with Crippen molar-refractivity contribution in [2.45, 2.75) is 27.3 Å².